The lowest BCUT2D eigenvalue weighted by atomic mass is 10.4. The average Bonchev–Trinajstić information content (AvgIpc) is 2.98. The van der Waals surface area contributed by atoms with Gasteiger partial charge in [-0.15, -0.1) is 15.3 Å². The second kappa shape index (κ2) is 3.64. The number of nitrogens with one attached hydrogen (secondary N) is 1. The molecule has 94 valence electrons. The standard InChI is InChI=1S/C10H13N7S/c18-10-14-13-9(17(10)7-1-2-7)15-3-4-16-6-11-12-8(16)5-15/h6-7H,1-5H2,(H,14,18). The number of hydrogen-bond donors (Lipinski definition) is 1. The zero-order valence-electron chi connectivity index (χ0n) is 9.78. The number of fused-ring (bicyclic) bond motifs is 1. The molecule has 1 aliphatic heterocycles. The summed E-state index contributed by atoms with van der Waals surface area (Å²) in [5.41, 5.74) is 0. The van der Waals surface area contributed by atoms with Gasteiger partial charge >= 0.3 is 0 Å². The predicted molar refractivity (Wildman–Crippen MR) is 66.8 cm³/mol. The van der Waals surface area contributed by atoms with Crippen molar-refractivity contribution in [3.8, 4) is 0 Å². The van der Waals surface area contributed by atoms with Crippen LogP contribution in [-0.4, -0.2) is 36.1 Å². The minimum atomic E-state index is 0.533. The van der Waals surface area contributed by atoms with Crippen molar-refractivity contribution in [1.29, 1.82) is 0 Å². The van der Waals surface area contributed by atoms with Gasteiger partial charge in [-0.2, -0.15) is 0 Å². The van der Waals surface area contributed by atoms with E-state index in [9.17, 15) is 0 Å². The number of anilines is 1. The molecule has 0 amide bonds. The van der Waals surface area contributed by atoms with Gasteiger partial charge in [-0.3, -0.25) is 4.57 Å². The fraction of sp³-hybridized carbons (Fsp3) is 0.600. The molecule has 0 aromatic carbocycles. The molecule has 0 saturated heterocycles. The quantitative estimate of drug-likeness (QED) is 0.815. The molecule has 1 N–H and O–H groups in total. The molecular weight excluding hydrogens is 250 g/mol. The summed E-state index contributed by atoms with van der Waals surface area (Å²) in [5, 5.41) is 15.3. The smallest absolute Gasteiger partial charge is 0.226 e. The van der Waals surface area contributed by atoms with Crippen LogP contribution in [0.2, 0.25) is 0 Å². The molecule has 7 nitrogen and oxygen atoms in total. The van der Waals surface area contributed by atoms with Crippen molar-refractivity contribution in [2.45, 2.75) is 32.0 Å². The van der Waals surface area contributed by atoms with E-state index in [0.717, 1.165) is 36.2 Å². The highest BCUT2D eigenvalue weighted by atomic mass is 32.1. The molecule has 2 aromatic rings. The van der Waals surface area contributed by atoms with Gasteiger partial charge in [0.15, 0.2) is 10.6 Å². The highest BCUT2D eigenvalue weighted by molar-refractivity contribution is 7.71. The van der Waals surface area contributed by atoms with Crippen LogP contribution in [0, 0.1) is 4.77 Å². The number of rotatable bonds is 2. The molecule has 0 unspecified atom stereocenters. The zero-order valence-corrected chi connectivity index (χ0v) is 10.6. The summed E-state index contributed by atoms with van der Waals surface area (Å²) in [6.45, 7) is 2.55. The SMILES string of the molecule is S=c1[nH]nc(N2CCn3cnnc3C2)n1C1CC1. The maximum atomic E-state index is 5.30. The van der Waals surface area contributed by atoms with Gasteiger partial charge in [0.1, 0.15) is 6.33 Å². The molecule has 18 heavy (non-hydrogen) atoms. The van der Waals surface area contributed by atoms with Crippen LogP contribution < -0.4 is 4.90 Å². The van der Waals surface area contributed by atoms with Crippen LogP contribution in [0.15, 0.2) is 6.33 Å². The van der Waals surface area contributed by atoms with Crippen LogP contribution in [0.4, 0.5) is 5.95 Å². The molecule has 0 radical (unpaired) electrons. The van der Waals surface area contributed by atoms with Gasteiger partial charge in [-0.05, 0) is 25.1 Å². The number of H-pyrrole nitrogens is 1. The topological polar surface area (TPSA) is 67.6 Å². The maximum absolute atomic E-state index is 5.30. The van der Waals surface area contributed by atoms with Crippen molar-refractivity contribution >= 4 is 18.2 Å². The Hall–Kier alpha value is -1.70. The van der Waals surface area contributed by atoms with E-state index in [1.807, 2.05) is 0 Å². The predicted octanol–water partition coefficient (Wildman–Crippen LogP) is 0.887. The first-order valence-electron chi connectivity index (χ1n) is 6.11. The first kappa shape index (κ1) is 10.2. The Morgan fingerprint density at radius 3 is 3.06 bits per heavy atom. The van der Waals surface area contributed by atoms with Gasteiger partial charge in [-0.1, -0.05) is 0 Å². The molecule has 2 aliphatic rings. The summed E-state index contributed by atoms with van der Waals surface area (Å²) in [5.74, 6) is 1.93. The lowest BCUT2D eigenvalue weighted by Gasteiger charge is -2.27. The van der Waals surface area contributed by atoms with Crippen LogP contribution in [0.5, 0.6) is 0 Å². The van der Waals surface area contributed by atoms with Crippen LogP contribution >= 0.6 is 12.2 Å². The Morgan fingerprint density at radius 1 is 1.33 bits per heavy atom. The largest absolute Gasteiger partial charge is 0.332 e. The van der Waals surface area contributed by atoms with E-state index < -0.39 is 0 Å². The van der Waals surface area contributed by atoms with Crippen LogP contribution in [0.1, 0.15) is 24.7 Å². The highest BCUT2D eigenvalue weighted by Gasteiger charge is 2.30. The summed E-state index contributed by atoms with van der Waals surface area (Å²) in [6, 6.07) is 0.533. The Morgan fingerprint density at radius 2 is 2.22 bits per heavy atom. The van der Waals surface area contributed by atoms with Gasteiger partial charge in [0, 0.05) is 19.1 Å². The number of nitrogens with zero attached hydrogens (tertiary/aromatic N) is 6. The second-order valence-electron chi connectivity index (χ2n) is 4.79. The van der Waals surface area contributed by atoms with E-state index in [4.69, 9.17) is 12.2 Å². The first-order chi connectivity index (χ1) is 8.83. The highest BCUT2D eigenvalue weighted by Crippen LogP contribution is 2.38. The van der Waals surface area contributed by atoms with Crippen LogP contribution in [0.25, 0.3) is 0 Å². The molecular formula is C10H13N7S. The van der Waals surface area contributed by atoms with E-state index in [0.29, 0.717) is 6.04 Å². The average molecular weight is 263 g/mol. The number of aromatic amines is 1. The molecule has 2 aromatic heterocycles. The third-order valence-electron chi connectivity index (χ3n) is 3.52. The minimum Gasteiger partial charge on any atom is -0.332 e. The molecule has 8 heteroatoms. The van der Waals surface area contributed by atoms with Gasteiger partial charge in [0.05, 0.1) is 6.54 Å². The van der Waals surface area contributed by atoms with Gasteiger partial charge in [0.2, 0.25) is 5.95 Å². The molecule has 1 aliphatic carbocycles. The molecule has 0 spiro atoms. The van der Waals surface area contributed by atoms with E-state index in [2.05, 4.69) is 34.4 Å². The van der Waals surface area contributed by atoms with E-state index >= 15 is 0 Å². The minimum absolute atomic E-state index is 0.533. The van der Waals surface area contributed by atoms with Crippen molar-refractivity contribution in [3.63, 3.8) is 0 Å². The third kappa shape index (κ3) is 1.48. The molecule has 1 saturated carbocycles. The first-order valence-corrected chi connectivity index (χ1v) is 6.52. The summed E-state index contributed by atoms with van der Waals surface area (Å²) >= 11 is 5.30. The summed E-state index contributed by atoms with van der Waals surface area (Å²) in [6.07, 6.45) is 4.18. The van der Waals surface area contributed by atoms with Crippen molar-refractivity contribution in [1.82, 2.24) is 29.5 Å². The van der Waals surface area contributed by atoms with E-state index in [1.165, 1.54) is 12.8 Å². The van der Waals surface area contributed by atoms with Crippen molar-refractivity contribution in [2.75, 3.05) is 11.4 Å². The Labute approximate surface area is 108 Å². The Kier molecular flexibility index (Phi) is 2.07. The second-order valence-corrected chi connectivity index (χ2v) is 5.18. The molecule has 0 atom stereocenters. The number of hydrogen-bond acceptors (Lipinski definition) is 5. The van der Waals surface area contributed by atoms with Crippen LogP contribution in [0.3, 0.4) is 0 Å². The van der Waals surface area contributed by atoms with Crippen molar-refractivity contribution in [2.24, 2.45) is 0 Å². The van der Waals surface area contributed by atoms with Crippen molar-refractivity contribution < 1.29 is 0 Å². The lowest BCUT2D eigenvalue weighted by molar-refractivity contribution is 0.539. The molecule has 3 heterocycles. The van der Waals surface area contributed by atoms with E-state index in [1.54, 1.807) is 6.33 Å². The molecule has 0 bridgehead atoms. The van der Waals surface area contributed by atoms with E-state index in [-0.39, 0.29) is 0 Å². The fourth-order valence-electron chi connectivity index (χ4n) is 2.42. The summed E-state index contributed by atoms with van der Waals surface area (Å²) in [4.78, 5) is 2.22. The van der Waals surface area contributed by atoms with Gasteiger partial charge in [0.25, 0.3) is 0 Å². The Balaban J connectivity index is 1.70. The number of aromatic nitrogens is 6. The zero-order chi connectivity index (χ0) is 12.1. The lowest BCUT2D eigenvalue weighted by Crippen LogP contribution is -2.35. The molecule has 4 rings (SSSR count). The van der Waals surface area contributed by atoms with Gasteiger partial charge in [-0.25, -0.2) is 5.10 Å². The monoisotopic (exact) mass is 263 g/mol. The van der Waals surface area contributed by atoms with Gasteiger partial charge < -0.3 is 9.47 Å². The normalized spacial score (nSPS) is 19.0. The third-order valence-corrected chi connectivity index (χ3v) is 3.81. The summed E-state index contributed by atoms with van der Waals surface area (Å²) < 4.78 is 4.94. The van der Waals surface area contributed by atoms with Crippen molar-refractivity contribution in [3.05, 3.63) is 16.9 Å². The fourth-order valence-corrected chi connectivity index (χ4v) is 2.69. The summed E-state index contributed by atoms with van der Waals surface area (Å²) in [7, 11) is 0. The van der Waals surface area contributed by atoms with Crippen LogP contribution in [-0.2, 0) is 13.1 Å². The maximum Gasteiger partial charge on any atom is 0.226 e. The molecule has 1 fully saturated rings. The Bertz CT molecular complexity index is 635.